The Morgan fingerprint density at radius 1 is 1.53 bits per heavy atom. The standard InChI is InChI=1S/C6H9N3O2.C2H6O2/c7-5(6(10)11)1-4-2-8-3-9-4;3-1-2-4/h2-3,5H,1,7H2,(H,8,9)(H,10,11);3-4H,1-2H2/t5-;/m0./s1. The van der Waals surface area contributed by atoms with Crippen LogP contribution < -0.4 is 5.73 Å². The van der Waals surface area contributed by atoms with Gasteiger partial charge in [0.15, 0.2) is 0 Å². The normalized spacial score (nSPS) is 11.4. The van der Waals surface area contributed by atoms with Gasteiger partial charge in [0.25, 0.3) is 0 Å². The van der Waals surface area contributed by atoms with Gasteiger partial charge in [-0.3, -0.25) is 4.79 Å². The predicted molar refractivity (Wildman–Crippen MR) is 52.1 cm³/mol. The summed E-state index contributed by atoms with van der Waals surface area (Å²) >= 11 is 0. The number of aromatic amines is 1. The molecule has 7 heteroatoms. The van der Waals surface area contributed by atoms with E-state index in [0.717, 1.165) is 5.69 Å². The summed E-state index contributed by atoms with van der Waals surface area (Å²) in [6, 6.07) is -0.851. The second-order valence-corrected chi connectivity index (χ2v) is 2.67. The lowest BCUT2D eigenvalue weighted by molar-refractivity contribution is -0.138. The van der Waals surface area contributed by atoms with Crippen molar-refractivity contribution in [2.24, 2.45) is 5.73 Å². The summed E-state index contributed by atoms with van der Waals surface area (Å²) < 4.78 is 0. The third kappa shape index (κ3) is 6.61. The van der Waals surface area contributed by atoms with Crippen LogP contribution in [0.25, 0.3) is 0 Å². The number of hydrogen-bond acceptors (Lipinski definition) is 5. The van der Waals surface area contributed by atoms with Gasteiger partial charge in [0, 0.05) is 18.3 Å². The molecule has 1 rings (SSSR count). The van der Waals surface area contributed by atoms with Crippen LogP contribution in [0.1, 0.15) is 5.69 Å². The van der Waals surface area contributed by atoms with Gasteiger partial charge < -0.3 is 26.0 Å². The fraction of sp³-hybridized carbons (Fsp3) is 0.500. The van der Waals surface area contributed by atoms with Crippen molar-refractivity contribution in [1.29, 1.82) is 0 Å². The summed E-state index contributed by atoms with van der Waals surface area (Å²) in [6.45, 7) is -0.250. The van der Waals surface area contributed by atoms with Crippen molar-refractivity contribution >= 4 is 5.97 Å². The molecular formula is C8H15N3O4. The number of imidazole rings is 1. The second kappa shape index (κ2) is 7.92. The van der Waals surface area contributed by atoms with Crippen molar-refractivity contribution in [3.05, 3.63) is 18.2 Å². The van der Waals surface area contributed by atoms with Crippen LogP contribution in [0.15, 0.2) is 12.5 Å². The molecule has 15 heavy (non-hydrogen) atoms. The maximum absolute atomic E-state index is 10.3. The van der Waals surface area contributed by atoms with E-state index in [1.165, 1.54) is 6.33 Å². The van der Waals surface area contributed by atoms with E-state index in [-0.39, 0.29) is 19.6 Å². The van der Waals surface area contributed by atoms with Gasteiger partial charge in [0.05, 0.1) is 19.5 Å². The van der Waals surface area contributed by atoms with Crippen molar-refractivity contribution in [3.63, 3.8) is 0 Å². The molecule has 0 aliphatic heterocycles. The van der Waals surface area contributed by atoms with Crippen LogP contribution >= 0.6 is 0 Å². The van der Waals surface area contributed by atoms with Crippen molar-refractivity contribution < 1.29 is 20.1 Å². The molecule has 0 amide bonds. The molecule has 0 saturated carbocycles. The van der Waals surface area contributed by atoms with E-state index in [9.17, 15) is 4.79 Å². The number of carboxylic acids is 1. The Bertz CT molecular complexity index is 261. The summed E-state index contributed by atoms with van der Waals surface area (Å²) in [5, 5.41) is 23.7. The van der Waals surface area contributed by atoms with Gasteiger partial charge in [-0.15, -0.1) is 0 Å². The van der Waals surface area contributed by atoms with Crippen LogP contribution in [0.2, 0.25) is 0 Å². The first-order valence-corrected chi connectivity index (χ1v) is 4.29. The van der Waals surface area contributed by atoms with Crippen LogP contribution in [0, 0.1) is 0 Å². The van der Waals surface area contributed by atoms with Gasteiger partial charge in [-0.1, -0.05) is 0 Å². The Labute approximate surface area is 86.6 Å². The molecule has 0 bridgehead atoms. The molecular weight excluding hydrogens is 202 g/mol. The zero-order valence-electron chi connectivity index (χ0n) is 8.13. The highest BCUT2D eigenvalue weighted by atomic mass is 16.4. The molecule has 0 unspecified atom stereocenters. The summed E-state index contributed by atoms with van der Waals surface area (Å²) in [4.78, 5) is 16.8. The Kier molecular flexibility index (Phi) is 7.16. The van der Waals surface area contributed by atoms with E-state index in [1.807, 2.05) is 0 Å². The molecule has 1 aromatic rings. The lowest BCUT2D eigenvalue weighted by atomic mass is 10.2. The van der Waals surface area contributed by atoms with Gasteiger partial charge in [0.1, 0.15) is 6.04 Å². The van der Waals surface area contributed by atoms with Gasteiger partial charge in [-0.2, -0.15) is 0 Å². The number of aliphatic hydroxyl groups is 2. The first-order valence-electron chi connectivity index (χ1n) is 4.29. The first-order chi connectivity index (χ1) is 7.11. The Morgan fingerprint density at radius 3 is 2.47 bits per heavy atom. The molecule has 0 aromatic carbocycles. The number of aliphatic carboxylic acids is 1. The molecule has 0 spiro atoms. The van der Waals surface area contributed by atoms with Crippen LogP contribution in [0.5, 0.6) is 0 Å². The lowest BCUT2D eigenvalue weighted by Crippen LogP contribution is -2.32. The van der Waals surface area contributed by atoms with Gasteiger partial charge in [-0.05, 0) is 0 Å². The number of carbonyl (C=O) groups is 1. The minimum absolute atomic E-state index is 0.125. The lowest BCUT2D eigenvalue weighted by Gasteiger charge is -2.02. The maximum atomic E-state index is 10.3. The van der Waals surface area contributed by atoms with Crippen molar-refractivity contribution in [1.82, 2.24) is 9.97 Å². The third-order valence-electron chi connectivity index (χ3n) is 1.41. The average Bonchev–Trinajstić information content (AvgIpc) is 2.70. The first kappa shape index (κ1) is 13.6. The Morgan fingerprint density at radius 2 is 2.13 bits per heavy atom. The molecule has 0 aliphatic rings. The fourth-order valence-corrected chi connectivity index (χ4v) is 0.721. The van der Waals surface area contributed by atoms with E-state index in [1.54, 1.807) is 6.20 Å². The van der Waals surface area contributed by atoms with Crippen LogP contribution in [0.4, 0.5) is 0 Å². The zero-order valence-corrected chi connectivity index (χ0v) is 8.13. The largest absolute Gasteiger partial charge is 0.480 e. The van der Waals surface area contributed by atoms with Gasteiger partial charge in [-0.25, -0.2) is 4.98 Å². The SMILES string of the molecule is N[C@@H](Cc1cnc[nH]1)C(=O)O.OCCO. The number of rotatable bonds is 4. The zero-order chi connectivity index (χ0) is 11.7. The van der Waals surface area contributed by atoms with Crippen LogP contribution in [-0.2, 0) is 11.2 Å². The van der Waals surface area contributed by atoms with E-state index in [4.69, 9.17) is 21.1 Å². The summed E-state index contributed by atoms with van der Waals surface area (Å²) in [7, 11) is 0. The minimum Gasteiger partial charge on any atom is -0.480 e. The molecule has 7 nitrogen and oxygen atoms in total. The number of nitrogens with two attached hydrogens (primary N) is 1. The van der Waals surface area contributed by atoms with E-state index < -0.39 is 12.0 Å². The van der Waals surface area contributed by atoms with Crippen molar-refractivity contribution in [3.8, 4) is 0 Å². The smallest absolute Gasteiger partial charge is 0.320 e. The van der Waals surface area contributed by atoms with Crippen molar-refractivity contribution in [2.45, 2.75) is 12.5 Å². The number of nitrogens with zero attached hydrogens (tertiary/aromatic N) is 1. The highest BCUT2D eigenvalue weighted by Gasteiger charge is 2.11. The number of nitrogens with one attached hydrogen (secondary N) is 1. The molecule has 0 saturated heterocycles. The highest BCUT2D eigenvalue weighted by molar-refractivity contribution is 5.73. The van der Waals surface area contributed by atoms with Crippen LogP contribution in [-0.4, -0.2) is 50.5 Å². The second-order valence-electron chi connectivity index (χ2n) is 2.67. The molecule has 1 aromatic heterocycles. The molecule has 0 aliphatic carbocycles. The summed E-state index contributed by atoms with van der Waals surface area (Å²) in [5.74, 6) is -1.00. The molecule has 0 fully saturated rings. The quantitative estimate of drug-likeness (QED) is 0.410. The van der Waals surface area contributed by atoms with Gasteiger partial charge in [0.2, 0.25) is 0 Å². The van der Waals surface area contributed by atoms with E-state index in [2.05, 4.69) is 9.97 Å². The summed E-state index contributed by atoms with van der Waals surface area (Å²) in [5.41, 5.74) is 6.00. The van der Waals surface area contributed by atoms with Gasteiger partial charge >= 0.3 is 5.97 Å². The average molecular weight is 217 g/mol. The third-order valence-corrected chi connectivity index (χ3v) is 1.41. The number of aromatic nitrogens is 2. The molecule has 1 heterocycles. The highest BCUT2D eigenvalue weighted by Crippen LogP contribution is 1.95. The molecule has 0 radical (unpaired) electrons. The number of aliphatic hydroxyl groups excluding tert-OH is 2. The predicted octanol–water partition coefficient (Wildman–Crippen LogP) is -1.66. The van der Waals surface area contributed by atoms with E-state index in [0.29, 0.717) is 0 Å². The monoisotopic (exact) mass is 217 g/mol. The number of hydrogen-bond donors (Lipinski definition) is 5. The maximum Gasteiger partial charge on any atom is 0.320 e. The van der Waals surface area contributed by atoms with Crippen molar-refractivity contribution in [2.75, 3.05) is 13.2 Å². The molecule has 1 atom stereocenters. The molecule has 6 N–H and O–H groups in total. The minimum atomic E-state index is -1.00. The fourth-order valence-electron chi connectivity index (χ4n) is 0.721. The molecule has 86 valence electrons. The van der Waals surface area contributed by atoms with E-state index >= 15 is 0 Å². The Hall–Kier alpha value is -1.44. The topological polar surface area (TPSA) is 132 Å². The van der Waals surface area contributed by atoms with Crippen LogP contribution in [0.3, 0.4) is 0 Å². The Balaban J connectivity index is 0.000000423. The number of H-pyrrole nitrogens is 1. The number of carboxylic acid groups (broad SMARTS) is 1. The summed E-state index contributed by atoms with van der Waals surface area (Å²) in [6.07, 6.45) is 3.34.